The molecule has 0 N–H and O–H groups in total. The average Bonchev–Trinajstić information content (AvgIpc) is 3.38. The molecule has 2 heterocycles. The van der Waals surface area contributed by atoms with Crippen molar-refractivity contribution in [2.75, 3.05) is 26.5 Å². The number of aromatic nitrogens is 3. The second-order valence-electron chi connectivity index (χ2n) is 6.93. The van der Waals surface area contributed by atoms with Gasteiger partial charge in [0.25, 0.3) is 0 Å². The molecule has 2 aromatic heterocycles. The first-order valence-corrected chi connectivity index (χ1v) is 11.0. The second-order valence-corrected chi connectivity index (χ2v) is 8.93. The number of rotatable bonds is 10. The highest BCUT2D eigenvalue weighted by molar-refractivity contribution is 7.91. The number of benzene rings is 1. The lowest BCUT2D eigenvalue weighted by Gasteiger charge is -2.23. The summed E-state index contributed by atoms with van der Waals surface area (Å²) in [4.78, 5) is 6.34. The normalized spacial score (nSPS) is 13.1. The van der Waals surface area contributed by atoms with Crippen molar-refractivity contribution in [3.8, 4) is 0 Å². The van der Waals surface area contributed by atoms with Crippen LogP contribution in [-0.2, 0) is 27.7 Å². The standard InChI is InChI=1S/C20H26N4O4S/c1-16(19-9-10-28-22-19)23(2)15-18-13-21-20(29(25,26)12-11-27-3)24(18)14-17-7-5-4-6-8-17/h4-10,13,16H,11-12,14-15H2,1-3H3/t16-/m0/s1. The van der Waals surface area contributed by atoms with Crippen molar-refractivity contribution in [2.45, 2.75) is 31.2 Å². The molecule has 0 saturated heterocycles. The van der Waals surface area contributed by atoms with Gasteiger partial charge in [0.2, 0.25) is 15.0 Å². The van der Waals surface area contributed by atoms with Gasteiger partial charge in [0, 0.05) is 19.7 Å². The van der Waals surface area contributed by atoms with E-state index in [1.165, 1.54) is 7.11 Å². The Morgan fingerprint density at radius 3 is 2.66 bits per heavy atom. The Labute approximate surface area is 171 Å². The third kappa shape index (κ3) is 5.11. The van der Waals surface area contributed by atoms with Crippen molar-refractivity contribution in [1.29, 1.82) is 0 Å². The van der Waals surface area contributed by atoms with E-state index < -0.39 is 9.84 Å². The van der Waals surface area contributed by atoms with E-state index in [0.717, 1.165) is 17.0 Å². The molecule has 0 unspecified atom stereocenters. The molecular formula is C20H26N4O4S. The van der Waals surface area contributed by atoms with E-state index in [-0.39, 0.29) is 23.6 Å². The number of sulfone groups is 1. The van der Waals surface area contributed by atoms with Crippen LogP contribution in [0.2, 0.25) is 0 Å². The largest absolute Gasteiger partial charge is 0.384 e. The fourth-order valence-corrected chi connectivity index (χ4v) is 4.34. The monoisotopic (exact) mass is 418 g/mol. The van der Waals surface area contributed by atoms with E-state index in [4.69, 9.17) is 9.26 Å². The van der Waals surface area contributed by atoms with E-state index >= 15 is 0 Å². The highest BCUT2D eigenvalue weighted by atomic mass is 32.2. The van der Waals surface area contributed by atoms with E-state index in [2.05, 4.69) is 15.0 Å². The summed E-state index contributed by atoms with van der Waals surface area (Å²) in [6, 6.07) is 11.6. The molecule has 156 valence electrons. The maximum absolute atomic E-state index is 12.8. The summed E-state index contributed by atoms with van der Waals surface area (Å²) in [6.07, 6.45) is 3.18. The van der Waals surface area contributed by atoms with Crippen LogP contribution in [0.4, 0.5) is 0 Å². The minimum absolute atomic E-state index is 0.00220. The van der Waals surface area contributed by atoms with Gasteiger partial charge in [-0.25, -0.2) is 13.4 Å². The van der Waals surface area contributed by atoms with Crippen LogP contribution < -0.4 is 0 Å². The Bertz CT molecular complexity index is 1000. The zero-order valence-electron chi connectivity index (χ0n) is 16.9. The lowest BCUT2D eigenvalue weighted by molar-refractivity contribution is 0.217. The zero-order chi connectivity index (χ0) is 20.9. The minimum Gasteiger partial charge on any atom is -0.384 e. The lowest BCUT2D eigenvalue weighted by atomic mass is 10.2. The molecule has 1 aromatic carbocycles. The van der Waals surface area contributed by atoms with Crippen LogP contribution in [0.3, 0.4) is 0 Å². The molecule has 0 bridgehead atoms. The number of nitrogens with zero attached hydrogens (tertiary/aromatic N) is 4. The molecule has 0 aliphatic rings. The summed E-state index contributed by atoms with van der Waals surface area (Å²) in [5.41, 5.74) is 2.62. The van der Waals surface area contributed by atoms with Gasteiger partial charge in [-0.2, -0.15) is 0 Å². The van der Waals surface area contributed by atoms with Gasteiger partial charge in [0.05, 0.1) is 36.8 Å². The first kappa shape index (κ1) is 21.2. The van der Waals surface area contributed by atoms with Gasteiger partial charge < -0.3 is 13.8 Å². The molecule has 8 nitrogen and oxygen atoms in total. The summed E-state index contributed by atoms with van der Waals surface area (Å²) in [5, 5.41) is 4.06. The molecule has 0 aliphatic carbocycles. The van der Waals surface area contributed by atoms with Crippen molar-refractivity contribution in [3.05, 3.63) is 65.8 Å². The molecule has 0 aliphatic heterocycles. The number of methoxy groups -OCH3 is 1. The van der Waals surface area contributed by atoms with Gasteiger partial charge >= 0.3 is 0 Å². The average molecular weight is 419 g/mol. The molecule has 9 heteroatoms. The van der Waals surface area contributed by atoms with Crippen LogP contribution in [0.5, 0.6) is 0 Å². The predicted molar refractivity (Wildman–Crippen MR) is 108 cm³/mol. The SMILES string of the molecule is COCCS(=O)(=O)c1ncc(CN(C)[C@@H](C)c2ccon2)n1Cc1ccccc1. The van der Waals surface area contributed by atoms with Crippen molar-refractivity contribution in [2.24, 2.45) is 0 Å². The topological polar surface area (TPSA) is 90.5 Å². The van der Waals surface area contributed by atoms with Crippen molar-refractivity contribution < 1.29 is 17.7 Å². The molecule has 0 radical (unpaired) electrons. The Hall–Kier alpha value is -2.49. The summed E-state index contributed by atoms with van der Waals surface area (Å²) in [6.45, 7) is 3.07. The van der Waals surface area contributed by atoms with Gasteiger partial charge in [-0.3, -0.25) is 4.90 Å². The summed E-state index contributed by atoms with van der Waals surface area (Å²) >= 11 is 0. The second kappa shape index (κ2) is 9.34. The summed E-state index contributed by atoms with van der Waals surface area (Å²) < 4.78 is 37.3. The van der Waals surface area contributed by atoms with Crippen LogP contribution in [0.1, 0.15) is 29.9 Å². The third-order valence-electron chi connectivity index (χ3n) is 4.88. The van der Waals surface area contributed by atoms with E-state index in [1.807, 2.05) is 50.4 Å². The van der Waals surface area contributed by atoms with Crippen molar-refractivity contribution in [1.82, 2.24) is 19.6 Å². The lowest BCUT2D eigenvalue weighted by Crippen LogP contribution is -2.25. The molecule has 0 spiro atoms. The molecule has 29 heavy (non-hydrogen) atoms. The van der Waals surface area contributed by atoms with Gasteiger partial charge in [-0.15, -0.1) is 0 Å². The predicted octanol–water partition coefficient (Wildman–Crippen LogP) is 2.53. The fraction of sp³-hybridized carbons (Fsp3) is 0.400. The van der Waals surface area contributed by atoms with Crippen LogP contribution in [0.15, 0.2) is 58.5 Å². The Morgan fingerprint density at radius 2 is 2.00 bits per heavy atom. The number of hydrogen-bond donors (Lipinski definition) is 0. The van der Waals surface area contributed by atoms with Crippen molar-refractivity contribution >= 4 is 9.84 Å². The molecule has 3 rings (SSSR count). The highest BCUT2D eigenvalue weighted by Gasteiger charge is 2.25. The zero-order valence-corrected chi connectivity index (χ0v) is 17.7. The van der Waals surface area contributed by atoms with Gasteiger partial charge in [-0.05, 0) is 19.5 Å². The maximum atomic E-state index is 12.8. The van der Waals surface area contributed by atoms with E-state index in [1.54, 1.807) is 17.0 Å². The fourth-order valence-electron chi connectivity index (χ4n) is 3.04. The smallest absolute Gasteiger partial charge is 0.228 e. The molecule has 0 saturated carbocycles. The van der Waals surface area contributed by atoms with E-state index in [0.29, 0.717) is 13.1 Å². The van der Waals surface area contributed by atoms with E-state index in [9.17, 15) is 8.42 Å². The van der Waals surface area contributed by atoms with Crippen LogP contribution in [-0.4, -0.2) is 54.5 Å². The molecular weight excluding hydrogens is 392 g/mol. The first-order chi connectivity index (χ1) is 13.9. The Morgan fingerprint density at radius 1 is 1.24 bits per heavy atom. The molecule has 0 amide bonds. The highest BCUT2D eigenvalue weighted by Crippen LogP contribution is 2.22. The number of ether oxygens (including phenoxy) is 1. The van der Waals surface area contributed by atoms with Gasteiger partial charge in [0.1, 0.15) is 12.0 Å². The van der Waals surface area contributed by atoms with Gasteiger partial charge in [-0.1, -0.05) is 35.5 Å². The molecule has 3 aromatic rings. The third-order valence-corrected chi connectivity index (χ3v) is 6.46. The molecule has 0 fully saturated rings. The first-order valence-electron chi connectivity index (χ1n) is 9.33. The van der Waals surface area contributed by atoms with Gasteiger partial charge in [0.15, 0.2) is 0 Å². The van der Waals surface area contributed by atoms with Crippen LogP contribution >= 0.6 is 0 Å². The molecule has 1 atom stereocenters. The minimum atomic E-state index is -3.57. The maximum Gasteiger partial charge on any atom is 0.228 e. The number of hydrogen-bond acceptors (Lipinski definition) is 7. The Kier molecular flexibility index (Phi) is 6.83. The summed E-state index contributed by atoms with van der Waals surface area (Å²) in [5.74, 6) is -0.111. The van der Waals surface area contributed by atoms with Crippen LogP contribution in [0.25, 0.3) is 0 Å². The van der Waals surface area contributed by atoms with Crippen molar-refractivity contribution in [3.63, 3.8) is 0 Å². The summed E-state index contributed by atoms with van der Waals surface area (Å²) in [7, 11) is -0.130. The Balaban J connectivity index is 1.91. The van der Waals surface area contributed by atoms with Crippen LogP contribution in [0, 0.1) is 0 Å². The quantitative estimate of drug-likeness (QED) is 0.500. The number of imidazole rings is 1.